The molecule has 0 spiro atoms. The molecule has 1 aromatic heterocycles. The van der Waals surface area contributed by atoms with Gasteiger partial charge in [0.15, 0.2) is 0 Å². The maximum atomic E-state index is 11.6. The van der Waals surface area contributed by atoms with Gasteiger partial charge >= 0.3 is 5.82 Å². The SMILES string of the molecule is CCC(=O)N(CC)CCCC(C)Cc1oc(=O)oc1C. The standard InChI is InChI=1S/C15H25NO4/c1-5-14(17)16(6-2)9-7-8-11(3)10-13-12(4)19-15(18)20-13/h11H,5-10H2,1-4H3. The van der Waals surface area contributed by atoms with Crippen LogP contribution in [0.2, 0.25) is 0 Å². The van der Waals surface area contributed by atoms with Crippen molar-refractivity contribution in [2.24, 2.45) is 5.92 Å². The van der Waals surface area contributed by atoms with Gasteiger partial charge in [0.25, 0.3) is 0 Å². The Bertz CT molecular complexity index is 474. The van der Waals surface area contributed by atoms with Gasteiger partial charge in [-0.15, -0.1) is 0 Å². The van der Waals surface area contributed by atoms with E-state index in [2.05, 4.69) is 6.92 Å². The van der Waals surface area contributed by atoms with E-state index in [0.29, 0.717) is 30.3 Å². The third kappa shape index (κ3) is 4.87. The summed E-state index contributed by atoms with van der Waals surface area (Å²) in [6.45, 7) is 9.30. The van der Waals surface area contributed by atoms with Crippen molar-refractivity contribution in [1.82, 2.24) is 4.90 Å². The van der Waals surface area contributed by atoms with Gasteiger partial charge < -0.3 is 13.7 Å². The van der Waals surface area contributed by atoms with Crippen LogP contribution >= 0.6 is 0 Å². The van der Waals surface area contributed by atoms with Crippen LogP contribution in [0.4, 0.5) is 0 Å². The summed E-state index contributed by atoms with van der Waals surface area (Å²) in [5.41, 5.74) is 0. The van der Waals surface area contributed by atoms with Gasteiger partial charge in [-0.05, 0) is 32.6 Å². The number of carbonyl (C=O) groups is 1. The molecule has 1 aromatic rings. The number of rotatable bonds is 8. The number of hydrogen-bond acceptors (Lipinski definition) is 4. The van der Waals surface area contributed by atoms with Crippen LogP contribution < -0.4 is 5.82 Å². The minimum Gasteiger partial charge on any atom is -0.396 e. The summed E-state index contributed by atoms with van der Waals surface area (Å²) in [4.78, 5) is 24.5. The van der Waals surface area contributed by atoms with E-state index in [1.54, 1.807) is 6.92 Å². The first kappa shape index (κ1) is 16.5. The molecule has 0 aliphatic rings. The zero-order chi connectivity index (χ0) is 15.1. The molecule has 20 heavy (non-hydrogen) atoms. The summed E-state index contributed by atoms with van der Waals surface area (Å²) < 4.78 is 9.85. The summed E-state index contributed by atoms with van der Waals surface area (Å²) in [5, 5.41) is 0. The predicted molar refractivity (Wildman–Crippen MR) is 76.6 cm³/mol. The molecule has 0 radical (unpaired) electrons. The van der Waals surface area contributed by atoms with Gasteiger partial charge in [0.05, 0.1) is 0 Å². The average Bonchev–Trinajstić information content (AvgIpc) is 2.72. The number of aryl methyl sites for hydroxylation is 1. The van der Waals surface area contributed by atoms with Crippen molar-refractivity contribution in [3.05, 3.63) is 22.1 Å². The maximum absolute atomic E-state index is 11.6. The van der Waals surface area contributed by atoms with Crippen LogP contribution in [-0.4, -0.2) is 23.9 Å². The first-order valence-electron chi connectivity index (χ1n) is 7.35. The highest BCUT2D eigenvalue weighted by Gasteiger charge is 2.14. The molecule has 0 aliphatic heterocycles. The van der Waals surface area contributed by atoms with E-state index < -0.39 is 5.82 Å². The topological polar surface area (TPSA) is 63.7 Å². The third-order valence-corrected chi connectivity index (χ3v) is 3.53. The fourth-order valence-electron chi connectivity index (χ4n) is 2.29. The number of carbonyl (C=O) groups excluding carboxylic acids is 1. The molecule has 0 N–H and O–H groups in total. The van der Waals surface area contributed by atoms with Crippen molar-refractivity contribution in [2.75, 3.05) is 13.1 Å². The van der Waals surface area contributed by atoms with Crippen LogP contribution in [0.1, 0.15) is 51.6 Å². The lowest BCUT2D eigenvalue weighted by Gasteiger charge is -2.21. The van der Waals surface area contributed by atoms with E-state index in [-0.39, 0.29) is 5.91 Å². The van der Waals surface area contributed by atoms with Crippen LogP contribution in [0.25, 0.3) is 0 Å². The molecule has 0 aliphatic carbocycles. The summed E-state index contributed by atoms with van der Waals surface area (Å²) in [5.74, 6) is 1.18. The molecule has 0 saturated heterocycles. The van der Waals surface area contributed by atoms with Crippen molar-refractivity contribution >= 4 is 5.91 Å². The molecule has 1 heterocycles. The van der Waals surface area contributed by atoms with Crippen LogP contribution in [0, 0.1) is 12.8 Å². The molecule has 5 heteroatoms. The summed E-state index contributed by atoms with van der Waals surface area (Å²) in [7, 11) is 0. The Hall–Kier alpha value is -1.52. The normalized spacial score (nSPS) is 12.4. The Kier molecular flexibility index (Phi) is 6.55. The second-order valence-electron chi connectivity index (χ2n) is 5.21. The van der Waals surface area contributed by atoms with Gasteiger partial charge in [0.2, 0.25) is 5.91 Å². The first-order chi connectivity index (χ1) is 9.47. The Balaban J connectivity index is 2.36. The molecule has 1 atom stereocenters. The van der Waals surface area contributed by atoms with Crippen molar-refractivity contribution < 1.29 is 13.6 Å². The smallest absolute Gasteiger partial charge is 0.396 e. The number of nitrogens with zero attached hydrogens (tertiary/aromatic N) is 1. The summed E-state index contributed by atoms with van der Waals surface area (Å²) in [6, 6.07) is 0. The average molecular weight is 283 g/mol. The Morgan fingerprint density at radius 2 is 2.00 bits per heavy atom. The van der Waals surface area contributed by atoms with Gasteiger partial charge in [-0.2, -0.15) is 0 Å². The van der Waals surface area contributed by atoms with E-state index in [1.807, 2.05) is 18.7 Å². The van der Waals surface area contributed by atoms with E-state index in [0.717, 1.165) is 25.9 Å². The predicted octanol–water partition coefficient (Wildman–Crippen LogP) is 2.76. The second-order valence-corrected chi connectivity index (χ2v) is 5.21. The van der Waals surface area contributed by atoms with Crippen molar-refractivity contribution in [1.29, 1.82) is 0 Å². The first-order valence-corrected chi connectivity index (χ1v) is 7.35. The van der Waals surface area contributed by atoms with Crippen molar-refractivity contribution in [3.8, 4) is 0 Å². The minimum absolute atomic E-state index is 0.205. The van der Waals surface area contributed by atoms with Crippen molar-refractivity contribution in [3.63, 3.8) is 0 Å². The highest BCUT2D eigenvalue weighted by molar-refractivity contribution is 5.75. The van der Waals surface area contributed by atoms with E-state index >= 15 is 0 Å². The third-order valence-electron chi connectivity index (χ3n) is 3.53. The molecule has 1 amide bonds. The zero-order valence-corrected chi connectivity index (χ0v) is 12.9. The molecule has 1 rings (SSSR count). The van der Waals surface area contributed by atoms with Crippen LogP contribution in [0.5, 0.6) is 0 Å². The van der Waals surface area contributed by atoms with Gasteiger partial charge in [-0.25, -0.2) is 4.79 Å². The van der Waals surface area contributed by atoms with Gasteiger partial charge in [-0.3, -0.25) is 4.79 Å². The maximum Gasteiger partial charge on any atom is 0.519 e. The molecule has 5 nitrogen and oxygen atoms in total. The fraction of sp³-hybridized carbons (Fsp3) is 0.733. The highest BCUT2D eigenvalue weighted by Crippen LogP contribution is 2.16. The van der Waals surface area contributed by atoms with Gasteiger partial charge in [-0.1, -0.05) is 13.8 Å². The molecule has 114 valence electrons. The zero-order valence-electron chi connectivity index (χ0n) is 12.9. The molecule has 0 bridgehead atoms. The van der Waals surface area contributed by atoms with E-state index in [4.69, 9.17) is 8.83 Å². The lowest BCUT2D eigenvalue weighted by atomic mass is 9.99. The minimum atomic E-state index is -0.629. The van der Waals surface area contributed by atoms with Crippen LogP contribution in [0.15, 0.2) is 13.6 Å². The van der Waals surface area contributed by atoms with Gasteiger partial charge in [0, 0.05) is 25.9 Å². The molecule has 1 unspecified atom stereocenters. The van der Waals surface area contributed by atoms with Gasteiger partial charge in [0.1, 0.15) is 11.5 Å². The monoisotopic (exact) mass is 283 g/mol. The molecular formula is C15H25NO4. The largest absolute Gasteiger partial charge is 0.519 e. The summed E-state index contributed by atoms with van der Waals surface area (Å²) in [6.07, 6.45) is 3.21. The quantitative estimate of drug-likeness (QED) is 0.736. The number of amides is 1. The Labute approximate surface area is 119 Å². The summed E-state index contributed by atoms with van der Waals surface area (Å²) >= 11 is 0. The molecular weight excluding hydrogens is 258 g/mol. The molecule has 0 fully saturated rings. The van der Waals surface area contributed by atoms with Crippen molar-refractivity contribution in [2.45, 2.75) is 53.4 Å². The van der Waals surface area contributed by atoms with E-state index in [9.17, 15) is 9.59 Å². The molecule has 0 aromatic carbocycles. The Morgan fingerprint density at radius 1 is 1.30 bits per heavy atom. The van der Waals surface area contributed by atoms with Crippen LogP contribution in [-0.2, 0) is 11.2 Å². The van der Waals surface area contributed by atoms with E-state index in [1.165, 1.54) is 0 Å². The Morgan fingerprint density at radius 3 is 2.50 bits per heavy atom. The number of hydrogen-bond donors (Lipinski definition) is 0. The van der Waals surface area contributed by atoms with Crippen LogP contribution in [0.3, 0.4) is 0 Å². The lowest BCUT2D eigenvalue weighted by molar-refractivity contribution is -0.130. The fourth-order valence-corrected chi connectivity index (χ4v) is 2.29. The second kappa shape index (κ2) is 7.92. The lowest BCUT2D eigenvalue weighted by Crippen LogP contribution is -2.31. The molecule has 0 saturated carbocycles. The highest BCUT2D eigenvalue weighted by atomic mass is 16.6.